The number of nitrogens with two attached hydrogens (primary N) is 1. The van der Waals surface area contributed by atoms with Crippen LogP contribution in [0.25, 0.3) is 0 Å². The van der Waals surface area contributed by atoms with Crippen LogP contribution in [-0.4, -0.2) is 54.0 Å². The normalized spacial score (nSPS) is 41.5. The first-order valence-corrected chi connectivity index (χ1v) is 15.4. The monoisotopic (exact) mass is 520 g/mol. The molecule has 34 heavy (non-hydrogen) atoms. The zero-order valence-electron chi connectivity index (χ0n) is 20.3. The highest BCUT2D eigenvalue weighted by Gasteiger charge is 2.46. The summed E-state index contributed by atoms with van der Waals surface area (Å²) in [5.41, 5.74) is 5.70. The van der Waals surface area contributed by atoms with Gasteiger partial charge in [-0.25, -0.2) is 0 Å². The first-order valence-electron chi connectivity index (χ1n) is 13.4. The molecule has 3 saturated carbocycles. The van der Waals surface area contributed by atoms with Gasteiger partial charge in [0.1, 0.15) is 17.7 Å². The van der Waals surface area contributed by atoms with Crippen molar-refractivity contribution < 1.29 is 13.0 Å². The molecule has 0 aromatic rings. The number of halogens is 1. The predicted molar refractivity (Wildman–Crippen MR) is 135 cm³/mol. The van der Waals surface area contributed by atoms with E-state index in [0.717, 1.165) is 38.5 Å². The number of nitrogens with one attached hydrogen (secondary N) is 5. The minimum atomic E-state index is -3.97. The Labute approximate surface area is 210 Å². The van der Waals surface area contributed by atoms with Crippen molar-refractivity contribution in [2.24, 2.45) is 11.7 Å². The summed E-state index contributed by atoms with van der Waals surface area (Å²) in [6.45, 7) is 0. The van der Waals surface area contributed by atoms with Crippen LogP contribution in [0.1, 0.15) is 96.3 Å². The molecule has 0 radical (unpaired) electrons. The molecule has 1 aliphatic heterocycles. The van der Waals surface area contributed by atoms with Crippen molar-refractivity contribution in [1.82, 2.24) is 26.6 Å². The quantitative estimate of drug-likeness (QED) is 0.159. The van der Waals surface area contributed by atoms with Crippen LogP contribution in [0.5, 0.6) is 0 Å². The van der Waals surface area contributed by atoms with Gasteiger partial charge in [-0.2, -0.15) is 8.42 Å². The molecule has 198 valence electrons. The smallest absolute Gasteiger partial charge is 0.267 e. The van der Waals surface area contributed by atoms with Gasteiger partial charge in [-0.05, 0) is 64.2 Å². The van der Waals surface area contributed by atoms with Crippen molar-refractivity contribution in [3.8, 4) is 0 Å². The molecule has 8 N–H and O–H groups in total. The molecule has 3 atom stereocenters. The maximum atomic E-state index is 11.6. The Kier molecular flexibility index (Phi) is 9.53. The molecule has 4 fully saturated rings. The molecule has 4 aliphatic rings. The SMILES string of the molecule is NC1CCC(NC2NC(Cl)NC(NC3CCC(S(=O)(=O)O)CC3)(C3CCCCCCC3)N2)CC1. The van der Waals surface area contributed by atoms with E-state index in [2.05, 4.69) is 26.6 Å². The maximum absolute atomic E-state index is 11.6. The first kappa shape index (κ1) is 27.0. The van der Waals surface area contributed by atoms with E-state index >= 15 is 0 Å². The fourth-order valence-electron chi connectivity index (χ4n) is 6.46. The van der Waals surface area contributed by atoms with Gasteiger partial charge in [-0.1, -0.05) is 43.7 Å². The molecule has 0 spiro atoms. The van der Waals surface area contributed by atoms with Gasteiger partial charge in [0.15, 0.2) is 0 Å². The highest BCUT2D eigenvalue weighted by Crippen LogP contribution is 2.33. The van der Waals surface area contributed by atoms with Gasteiger partial charge < -0.3 is 5.73 Å². The summed E-state index contributed by atoms with van der Waals surface area (Å²) < 4.78 is 32.7. The second kappa shape index (κ2) is 12.0. The third kappa shape index (κ3) is 7.26. The molecule has 0 bridgehead atoms. The molecule has 3 unspecified atom stereocenters. The van der Waals surface area contributed by atoms with E-state index in [1.807, 2.05) is 0 Å². The summed E-state index contributed by atoms with van der Waals surface area (Å²) >= 11 is 6.75. The lowest BCUT2D eigenvalue weighted by atomic mass is 9.83. The Bertz CT molecular complexity index is 737. The van der Waals surface area contributed by atoms with Crippen LogP contribution in [0.4, 0.5) is 0 Å². The third-order valence-corrected chi connectivity index (χ3v) is 10.0. The molecule has 1 saturated heterocycles. The van der Waals surface area contributed by atoms with Crippen molar-refractivity contribution in [1.29, 1.82) is 0 Å². The average Bonchev–Trinajstić information content (AvgIpc) is 2.74. The second-order valence-corrected chi connectivity index (χ2v) is 13.1. The van der Waals surface area contributed by atoms with E-state index < -0.39 is 26.8 Å². The number of alkyl halides is 1. The first-order chi connectivity index (χ1) is 16.2. The number of rotatable bonds is 6. The largest absolute Gasteiger partial charge is 0.328 e. The lowest BCUT2D eigenvalue weighted by Crippen LogP contribution is -2.84. The van der Waals surface area contributed by atoms with Crippen molar-refractivity contribution >= 4 is 21.7 Å². The summed E-state index contributed by atoms with van der Waals surface area (Å²) in [6, 6.07) is 0.854. The summed E-state index contributed by atoms with van der Waals surface area (Å²) in [5.74, 6) is -0.188. The van der Waals surface area contributed by atoms with E-state index in [9.17, 15) is 13.0 Å². The molecule has 4 rings (SSSR count). The van der Waals surface area contributed by atoms with E-state index in [4.69, 9.17) is 17.3 Å². The van der Waals surface area contributed by atoms with Gasteiger partial charge in [0.25, 0.3) is 10.1 Å². The topological polar surface area (TPSA) is 141 Å². The Morgan fingerprint density at radius 2 is 1.41 bits per heavy atom. The summed E-state index contributed by atoms with van der Waals surface area (Å²) in [4.78, 5) is 0. The fraction of sp³-hybridized carbons (Fsp3) is 1.00. The maximum Gasteiger partial charge on any atom is 0.267 e. The van der Waals surface area contributed by atoms with Gasteiger partial charge in [-0.3, -0.25) is 31.1 Å². The van der Waals surface area contributed by atoms with E-state index in [-0.39, 0.29) is 12.3 Å². The van der Waals surface area contributed by atoms with Gasteiger partial charge >= 0.3 is 0 Å². The van der Waals surface area contributed by atoms with Crippen molar-refractivity contribution in [3.63, 3.8) is 0 Å². The van der Waals surface area contributed by atoms with Crippen molar-refractivity contribution in [3.05, 3.63) is 0 Å². The Morgan fingerprint density at radius 3 is 2.03 bits per heavy atom. The van der Waals surface area contributed by atoms with Gasteiger partial charge in [0.05, 0.1) is 5.25 Å². The van der Waals surface area contributed by atoms with E-state index in [0.29, 0.717) is 43.7 Å². The van der Waals surface area contributed by atoms with Crippen molar-refractivity contribution in [2.45, 2.75) is 137 Å². The summed E-state index contributed by atoms with van der Waals surface area (Å²) in [6.07, 6.45) is 14.9. The highest BCUT2D eigenvalue weighted by atomic mass is 35.5. The van der Waals surface area contributed by atoms with Crippen LogP contribution in [0.15, 0.2) is 0 Å². The van der Waals surface area contributed by atoms with Crippen LogP contribution < -0.4 is 32.3 Å². The molecule has 3 aliphatic carbocycles. The van der Waals surface area contributed by atoms with Crippen LogP contribution >= 0.6 is 11.6 Å². The molecule has 0 aromatic carbocycles. The molecular formula is C23H45ClN6O3S. The molecule has 1 heterocycles. The van der Waals surface area contributed by atoms with E-state index in [1.165, 1.54) is 32.1 Å². The lowest BCUT2D eigenvalue weighted by molar-refractivity contribution is 0.00494. The summed E-state index contributed by atoms with van der Waals surface area (Å²) in [7, 11) is -3.97. The van der Waals surface area contributed by atoms with Crippen LogP contribution in [0.2, 0.25) is 0 Å². The molecule has 0 amide bonds. The number of hydrogen-bond donors (Lipinski definition) is 7. The third-order valence-electron chi connectivity index (χ3n) is 8.46. The minimum absolute atomic E-state index is 0.143. The van der Waals surface area contributed by atoms with Crippen LogP contribution in [-0.2, 0) is 10.1 Å². The predicted octanol–water partition coefficient (Wildman–Crippen LogP) is 2.24. The molecule has 9 nitrogen and oxygen atoms in total. The van der Waals surface area contributed by atoms with E-state index in [1.54, 1.807) is 0 Å². The highest BCUT2D eigenvalue weighted by molar-refractivity contribution is 7.86. The minimum Gasteiger partial charge on any atom is -0.328 e. The molecule has 11 heteroatoms. The van der Waals surface area contributed by atoms with Crippen molar-refractivity contribution in [2.75, 3.05) is 0 Å². The molecular weight excluding hydrogens is 476 g/mol. The average molecular weight is 521 g/mol. The Hall–Kier alpha value is -0.0400. The van der Waals surface area contributed by atoms with Gasteiger partial charge in [0.2, 0.25) is 0 Å². The van der Waals surface area contributed by atoms with Gasteiger partial charge in [0, 0.05) is 24.0 Å². The van der Waals surface area contributed by atoms with Crippen LogP contribution in [0, 0.1) is 5.92 Å². The Balaban J connectivity index is 1.48. The molecule has 0 aromatic heterocycles. The van der Waals surface area contributed by atoms with Crippen LogP contribution in [0.3, 0.4) is 0 Å². The standard InChI is InChI=1S/C23H45ClN6O3S/c24-21-27-22(26-18-10-8-17(25)9-11-18)30-23(29-21,16-6-4-2-1-3-5-7-16)28-19-12-14-20(15-13-19)34(31,32)33/h16-22,26-30H,1-15,25H2,(H,31,32,33). The second-order valence-electron chi connectivity index (χ2n) is 11.0. The zero-order valence-corrected chi connectivity index (χ0v) is 21.8. The summed E-state index contributed by atoms with van der Waals surface area (Å²) in [5, 5.41) is 17.8. The number of hydrogen-bond acceptors (Lipinski definition) is 8. The lowest BCUT2D eigenvalue weighted by Gasteiger charge is -2.53. The van der Waals surface area contributed by atoms with Gasteiger partial charge in [-0.15, -0.1) is 0 Å². The Morgan fingerprint density at radius 1 is 0.824 bits per heavy atom. The fourth-order valence-corrected chi connectivity index (χ4v) is 7.63. The zero-order chi connectivity index (χ0) is 24.2.